The van der Waals surface area contributed by atoms with Crippen molar-refractivity contribution in [3.63, 3.8) is 0 Å². The highest BCUT2D eigenvalue weighted by molar-refractivity contribution is 7.89. The molecule has 0 atom stereocenters. The number of aryl methyl sites for hydroxylation is 2. The molecular weight excluding hydrogens is 318 g/mol. The molecule has 1 aliphatic rings. The molecule has 0 heterocycles. The Morgan fingerprint density at radius 1 is 0.917 bits per heavy atom. The SMILES string of the molecule is Cc1cc(C)c(C)c(S(=O)(=O)NC2CCC(C(C)(C)C)CC2)c1C. The van der Waals surface area contributed by atoms with Crippen molar-refractivity contribution in [2.75, 3.05) is 0 Å². The van der Waals surface area contributed by atoms with Gasteiger partial charge in [0.05, 0.1) is 4.90 Å². The first-order valence-corrected chi connectivity index (χ1v) is 10.5. The number of benzene rings is 1. The lowest BCUT2D eigenvalue weighted by molar-refractivity contribution is 0.166. The van der Waals surface area contributed by atoms with E-state index in [1.54, 1.807) is 0 Å². The average Bonchev–Trinajstić information content (AvgIpc) is 2.44. The maximum Gasteiger partial charge on any atom is 0.241 e. The Morgan fingerprint density at radius 3 is 1.79 bits per heavy atom. The molecule has 0 bridgehead atoms. The van der Waals surface area contributed by atoms with E-state index in [2.05, 4.69) is 31.6 Å². The van der Waals surface area contributed by atoms with Gasteiger partial charge in [-0.2, -0.15) is 0 Å². The molecule has 0 amide bonds. The molecule has 0 unspecified atom stereocenters. The Labute approximate surface area is 148 Å². The zero-order valence-electron chi connectivity index (χ0n) is 16.3. The molecule has 2 rings (SSSR count). The van der Waals surface area contributed by atoms with Crippen LogP contribution in [0.1, 0.15) is 68.7 Å². The monoisotopic (exact) mass is 351 g/mol. The molecule has 0 radical (unpaired) electrons. The minimum atomic E-state index is -3.47. The number of hydrogen-bond acceptors (Lipinski definition) is 2. The largest absolute Gasteiger partial charge is 0.241 e. The Morgan fingerprint density at radius 2 is 1.38 bits per heavy atom. The van der Waals surface area contributed by atoms with Crippen LogP contribution < -0.4 is 4.72 Å². The number of hydrogen-bond donors (Lipinski definition) is 1. The highest BCUT2D eigenvalue weighted by Gasteiger charge is 2.32. The summed E-state index contributed by atoms with van der Waals surface area (Å²) in [6.07, 6.45) is 4.07. The summed E-state index contributed by atoms with van der Waals surface area (Å²) in [7, 11) is -3.47. The van der Waals surface area contributed by atoms with Crippen LogP contribution in [0.4, 0.5) is 0 Å². The van der Waals surface area contributed by atoms with E-state index in [4.69, 9.17) is 0 Å². The van der Waals surface area contributed by atoms with Gasteiger partial charge < -0.3 is 0 Å². The molecule has 24 heavy (non-hydrogen) atoms. The number of rotatable bonds is 3. The molecule has 1 aromatic carbocycles. The predicted molar refractivity (Wildman–Crippen MR) is 101 cm³/mol. The topological polar surface area (TPSA) is 46.2 Å². The summed E-state index contributed by atoms with van der Waals surface area (Å²) in [6.45, 7) is 14.6. The summed E-state index contributed by atoms with van der Waals surface area (Å²) < 4.78 is 29.0. The van der Waals surface area contributed by atoms with Crippen molar-refractivity contribution >= 4 is 10.0 Å². The quantitative estimate of drug-likeness (QED) is 0.850. The van der Waals surface area contributed by atoms with Gasteiger partial charge in [-0.25, -0.2) is 13.1 Å². The van der Waals surface area contributed by atoms with Crippen molar-refractivity contribution in [1.29, 1.82) is 0 Å². The van der Waals surface area contributed by atoms with Crippen LogP contribution >= 0.6 is 0 Å². The smallest absolute Gasteiger partial charge is 0.208 e. The highest BCUT2D eigenvalue weighted by atomic mass is 32.2. The summed E-state index contributed by atoms with van der Waals surface area (Å²) in [5.74, 6) is 0.683. The molecular formula is C20H33NO2S. The van der Waals surface area contributed by atoms with Crippen LogP contribution in [-0.2, 0) is 10.0 Å². The molecule has 1 aromatic rings. The first-order chi connectivity index (χ1) is 10.9. The molecule has 1 saturated carbocycles. The lowest BCUT2D eigenvalue weighted by atomic mass is 9.71. The predicted octanol–water partition coefficient (Wildman–Crippen LogP) is 4.80. The van der Waals surface area contributed by atoms with Crippen LogP contribution in [0.2, 0.25) is 0 Å². The molecule has 1 aliphatic carbocycles. The molecule has 136 valence electrons. The van der Waals surface area contributed by atoms with E-state index < -0.39 is 10.0 Å². The van der Waals surface area contributed by atoms with Crippen molar-refractivity contribution in [2.24, 2.45) is 11.3 Å². The fourth-order valence-corrected chi connectivity index (χ4v) is 5.86. The second kappa shape index (κ2) is 6.80. The van der Waals surface area contributed by atoms with Crippen LogP contribution in [0.25, 0.3) is 0 Å². The van der Waals surface area contributed by atoms with E-state index in [0.29, 0.717) is 16.2 Å². The summed E-state index contributed by atoms with van der Waals surface area (Å²) >= 11 is 0. The summed E-state index contributed by atoms with van der Waals surface area (Å²) in [6, 6.07) is 2.13. The normalized spacial score (nSPS) is 22.6. The summed E-state index contributed by atoms with van der Waals surface area (Å²) in [5, 5.41) is 0. The molecule has 0 aromatic heterocycles. The molecule has 0 spiro atoms. The van der Waals surface area contributed by atoms with Crippen molar-refractivity contribution in [3.8, 4) is 0 Å². The van der Waals surface area contributed by atoms with E-state index in [0.717, 1.165) is 47.9 Å². The summed E-state index contributed by atoms with van der Waals surface area (Å²) in [4.78, 5) is 0.484. The average molecular weight is 352 g/mol. The van der Waals surface area contributed by atoms with Gasteiger partial charge in [0, 0.05) is 6.04 Å². The van der Waals surface area contributed by atoms with Gasteiger partial charge in [0.15, 0.2) is 0 Å². The lowest BCUT2D eigenvalue weighted by Crippen LogP contribution is -2.40. The van der Waals surface area contributed by atoms with E-state index in [9.17, 15) is 8.42 Å². The number of sulfonamides is 1. The maximum atomic E-state index is 13.0. The second-order valence-corrected chi connectivity index (χ2v) is 10.3. The molecule has 0 saturated heterocycles. The van der Waals surface area contributed by atoms with Crippen molar-refractivity contribution < 1.29 is 8.42 Å². The first-order valence-electron chi connectivity index (χ1n) is 9.03. The fraction of sp³-hybridized carbons (Fsp3) is 0.700. The third-order valence-electron chi connectivity index (χ3n) is 5.84. The van der Waals surface area contributed by atoms with Gasteiger partial charge in [-0.1, -0.05) is 26.8 Å². The number of nitrogens with one attached hydrogen (secondary N) is 1. The first kappa shape index (κ1) is 19.5. The molecule has 0 aliphatic heterocycles. The van der Waals surface area contributed by atoms with Crippen LogP contribution in [0.15, 0.2) is 11.0 Å². The minimum Gasteiger partial charge on any atom is -0.208 e. The lowest BCUT2D eigenvalue weighted by Gasteiger charge is -2.37. The molecule has 3 nitrogen and oxygen atoms in total. The highest BCUT2D eigenvalue weighted by Crippen LogP contribution is 2.38. The molecule has 1 fully saturated rings. The Kier molecular flexibility index (Phi) is 5.51. The standard InChI is InChI=1S/C20H33NO2S/c1-13-12-14(2)16(4)19(15(13)3)24(22,23)21-18-10-8-17(9-11-18)20(5,6)7/h12,17-18,21H,8-11H2,1-7H3. The van der Waals surface area contributed by atoms with E-state index >= 15 is 0 Å². The zero-order valence-corrected chi connectivity index (χ0v) is 17.1. The van der Waals surface area contributed by atoms with Gasteiger partial charge in [-0.3, -0.25) is 0 Å². The van der Waals surface area contributed by atoms with Gasteiger partial charge in [0.1, 0.15) is 0 Å². The van der Waals surface area contributed by atoms with Crippen LogP contribution in [-0.4, -0.2) is 14.5 Å². The van der Waals surface area contributed by atoms with Crippen LogP contribution in [0.3, 0.4) is 0 Å². The van der Waals surface area contributed by atoms with Gasteiger partial charge in [0.25, 0.3) is 0 Å². The van der Waals surface area contributed by atoms with Gasteiger partial charge in [-0.05, 0) is 87.0 Å². The van der Waals surface area contributed by atoms with Crippen LogP contribution in [0, 0.1) is 39.0 Å². The van der Waals surface area contributed by atoms with Gasteiger partial charge in [0.2, 0.25) is 10.0 Å². The fourth-order valence-electron chi connectivity index (χ4n) is 3.94. The summed E-state index contributed by atoms with van der Waals surface area (Å²) in [5.41, 5.74) is 4.12. The Bertz CT molecular complexity index is 680. The third-order valence-corrected chi connectivity index (χ3v) is 7.63. The van der Waals surface area contributed by atoms with Crippen molar-refractivity contribution in [3.05, 3.63) is 28.3 Å². The van der Waals surface area contributed by atoms with Crippen molar-refractivity contribution in [2.45, 2.75) is 85.1 Å². The van der Waals surface area contributed by atoms with E-state index in [-0.39, 0.29) is 6.04 Å². The molecule has 4 heteroatoms. The van der Waals surface area contributed by atoms with Crippen LogP contribution in [0.5, 0.6) is 0 Å². The van der Waals surface area contributed by atoms with E-state index in [1.807, 2.05) is 27.7 Å². The van der Waals surface area contributed by atoms with Gasteiger partial charge in [-0.15, -0.1) is 0 Å². The van der Waals surface area contributed by atoms with E-state index in [1.165, 1.54) is 0 Å². The molecule has 1 N–H and O–H groups in total. The van der Waals surface area contributed by atoms with Crippen molar-refractivity contribution in [1.82, 2.24) is 4.72 Å². The Hall–Kier alpha value is -0.870. The zero-order chi connectivity index (χ0) is 18.3. The van der Waals surface area contributed by atoms with Gasteiger partial charge >= 0.3 is 0 Å². The maximum absolute atomic E-state index is 13.0. The Balaban J connectivity index is 2.20. The second-order valence-electron chi connectivity index (χ2n) is 8.63. The minimum absolute atomic E-state index is 0.0632. The third kappa shape index (κ3) is 4.02.